The minimum absolute atomic E-state index is 0.376. The van der Waals surface area contributed by atoms with E-state index in [1.54, 1.807) is 26.0 Å². The molecule has 0 aliphatic carbocycles. The Balaban J connectivity index is 2.44. The Morgan fingerprint density at radius 3 is 2.68 bits per heavy atom. The van der Waals surface area contributed by atoms with Crippen LogP contribution in [0.3, 0.4) is 0 Å². The number of nitrogens with zero attached hydrogens (tertiary/aromatic N) is 4. The molecule has 1 aromatic carbocycles. The third-order valence-corrected chi connectivity index (χ3v) is 3.44. The summed E-state index contributed by atoms with van der Waals surface area (Å²) in [6.07, 6.45) is 0. The number of carboxylic acid groups (broad SMARTS) is 1. The van der Waals surface area contributed by atoms with Crippen molar-refractivity contribution in [3.63, 3.8) is 0 Å². The third kappa shape index (κ3) is 2.58. The molecule has 0 bridgehead atoms. The summed E-state index contributed by atoms with van der Waals surface area (Å²) in [5, 5.41) is 21.0. The average molecular weight is 281 g/mol. The second-order valence-electron chi connectivity index (χ2n) is 4.29. The fraction of sp³-hybridized carbons (Fsp3) is 0.333. The van der Waals surface area contributed by atoms with Crippen molar-refractivity contribution in [3.8, 4) is 11.4 Å². The molecule has 0 amide bonds. The number of hydrogen-bond acceptors (Lipinski definition) is 4. The van der Waals surface area contributed by atoms with Crippen LogP contribution in [0.2, 0.25) is 5.02 Å². The lowest BCUT2D eigenvalue weighted by Crippen LogP contribution is -2.23. The second-order valence-corrected chi connectivity index (χ2v) is 4.70. The van der Waals surface area contributed by atoms with Crippen LogP contribution in [0.5, 0.6) is 0 Å². The molecule has 6 nitrogen and oxygen atoms in total. The van der Waals surface area contributed by atoms with Crippen molar-refractivity contribution in [2.45, 2.75) is 19.9 Å². The van der Waals surface area contributed by atoms with Crippen LogP contribution in [0.4, 0.5) is 0 Å². The van der Waals surface area contributed by atoms with E-state index in [0.29, 0.717) is 16.4 Å². The van der Waals surface area contributed by atoms with Gasteiger partial charge in [0.05, 0.1) is 17.0 Å². The normalized spacial score (nSPS) is 14.1. The van der Waals surface area contributed by atoms with Gasteiger partial charge in [-0.3, -0.25) is 4.79 Å². The van der Waals surface area contributed by atoms with E-state index in [9.17, 15) is 4.79 Å². The van der Waals surface area contributed by atoms with Crippen molar-refractivity contribution >= 4 is 17.6 Å². The third-order valence-electron chi connectivity index (χ3n) is 3.11. The summed E-state index contributed by atoms with van der Waals surface area (Å²) in [5.74, 6) is -1.04. The maximum Gasteiger partial charge on any atom is 0.308 e. The Bertz CT molecular complexity index is 599. The number of benzene rings is 1. The van der Waals surface area contributed by atoms with Gasteiger partial charge in [-0.2, -0.15) is 0 Å². The Kier molecular flexibility index (Phi) is 3.80. The molecule has 0 aliphatic heterocycles. The number of carboxylic acids is 1. The van der Waals surface area contributed by atoms with Gasteiger partial charge in [0.1, 0.15) is 0 Å². The van der Waals surface area contributed by atoms with Gasteiger partial charge in [-0.15, -0.1) is 5.10 Å². The van der Waals surface area contributed by atoms with E-state index in [1.165, 1.54) is 4.68 Å². The Hall–Kier alpha value is -1.95. The van der Waals surface area contributed by atoms with Gasteiger partial charge in [-0.05, 0) is 36.4 Å². The molecule has 0 spiro atoms. The predicted octanol–water partition coefficient (Wildman–Crippen LogP) is 2.28. The summed E-state index contributed by atoms with van der Waals surface area (Å²) in [6, 6.07) is 6.79. The van der Waals surface area contributed by atoms with Gasteiger partial charge in [-0.1, -0.05) is 23.7 Å². The molecule has 1 heterocycles. The van der Waals surface area contributed by atoms with Crippen LogP contribution >= 0.6 is 11.6 Å². The summed E-state index contributed by atoms with van der Waals surface area (Å²) in [7, 11) is 0. The number of halogens is 1. The fourth-order valence-corrected chi connectivity index (χ4v) is 1.93. The van der Waals surface area contributed by atoms with E-state index >= 15 is 0 Å². The van der Waals surface area contributed by atoms with E-state index in [1.807, 2.05) is 12.1 Å². The van der Waals surface area contributed by atoms with E-state index in [4.69, 9.17) is 16.7 Å². The molecule has 0 aliphatic rings. The lowest BCUT2D eigenvalue weighted by atomic mass is 10.0. The molecule has 0 saturated carbocycles. The van der Waals surface area contributed by atoms with Crippen molar-refractivity contribution in [2.75, 3.05) is 0 Å². The quantitative estimate of drug-likeness (QED) is 0.929. The number of tetrazole rings is 1. The number of hydrogen-bond donors (Lipinski definition) is 1. The highest BCUT2D eigenvalue weighted by Crippen LogP contribution is 2.28. The van der Waals surface area contributed by atoms with Gasteiger partial charge in [0.15, 0.2) is 5.82 Å². The lowest BCUT2D eigenvalue weighted by Gasteiger charge is -2.17. The molecule has 2 unspecified atom stereocenters. The van der Waals surface area contributed by atoms with E-state index in [-0.39, 0.29) is 6.04 Å². The Morgan fingerprint density at radius 1 is 1.37 bits per heavy atom. The maximum atomic E-state index is 11.0. The highest BCUT2D eigenvalue weighted by Gasteiger charge is 2.25. The number of aliphatic carboxylic acids is 1. The first kappa shape index (κ1) is 13.5. The predicted molar refractivity (Wildman–Crippen MR) is 69.8 cm³/mol. The molecule has 0 saturated heterocycles. The molecule has 1 aromatic heterocycles. The lowest BCUT2D eigenvalue weighted by molar-refractivity contribution is -0.142. The monoisotopic (exact) mass is 280 g/mol. The van der Waals surface area contributed by atoms with Crippen molar-refractivity contribution in [3.05, 3.63) is 29.3 Å². The van der Waals surface area contributed by atoms with Gasteiger partial charge in [0.2, 0.25) is 0 Å². The minimum atomic E-state index is -0.895. The largest absolute Gasteiger partial charge is 0.481 e. The smallest absolute Gasteiger partial charge is 0.308 e. The van der Waals surface area contributed by atoms with Crippen molar-refractivity contribution in [1.29, 1.82) is 0 Å². The standard InChI is InChI=1S/C12H13ClN4O2/c1-7(12(18)19)8(2)17-11(14-15-16-17)9-5-3-4-6-10(9)13/h3-8H,1-2H3,(H,18,19). The summed E-state index contributed by atoms with van der Waals surface area (Å²) < 4.78 is 1.49. The maximum absolute atomic E-state index is 11.0. The summed E-state index contributed by atoms with van der Waals surface area (Å²) >= 11 is 6.11. The van der Waals surface area contributed by atoms with Gasteiger partial charge in [0.25, 0.3) is 0 Å². The first-order chi connectivity index (χ1) is 9.02. The first-order valence-electron chi connectivity index (χ1n) is 5.78. The van der Waals surface area contributed by atoms with Crippen molar-refractivity contribution in [1.82, 2.24) is 20.2 Å². The first-order valence-corrected chi connectivity index (χ1v) is 6.15. The molecule has 2 atom stereocenters. The van der Waals surface area contributed by atoms with E-state index in [0.717, 1.165) is 0 Å². The highest BCUT2D eigenvalue weighted by atomic mass is 35.5. The van der Waals surface area contributed by atoms with Crippen LogP contribution in [0.1, 0.15) is 19.9 Å². The van der Waals surface area contributed by atoms with Gasteiger partial charge in [-0.25, -0.2) is 4.68 Å². The summed E-state index contributed by atoms with van der Waals surface area (Å²) in [5.41, 5.74) is 0.679. The molecular formula is C12H13ClN4O2. The topological polar surface area (TPSA) is 80.9 Å². The molecule has 1 N–H and O–H groups in total. The summed E-state index contributed by atoms with van der Waals surface area (Å²) in [6.45, 7) is 3.38. The zero-order chi connectivity index (χ0) is 14.0. The van der Waals surface area contributed by atoms with Crippen LogP contribution < -0.4 is 0 Å². The Morgan fingerprint density at radius 2 is 2.05 bits per heavy atom. The summed E-state index contributed by atoms with van der Waals surface area (Å²) in [4.78, 5) is 11.0. The van der Waals surface area contributed by atoms with Crippen LogP contribution in [0, 0.1) is 5.92 Å². The second kappa shape index (κ2) is 5.36. The SMILES string of the molecule is CC(C(=O)O)C(C)n1nnnc1-c1ccccc1Cl. The molecule has 7 heteroatoms. The van der Waals surface area contributed by atoms with Crippen LogP contribution in [-0.4, -0.2) is 31.3 Å². The molecule has 0 radical (unpaired) electrons. The molecule has 2 rings (SSSR count). The molecule has 100 valence electrons. The highest BCUT2D eigenvalue weighted by molar-refractivity contribution is 6.33. The van der Waals surface area contributed by atoms with Crippen molar-refractivity contribution in [2.24, 2.45) is 5.92 Å². The van der Waals surface area contributed by atoms with Gasteiger partial charge < -0.3 is 5.11 Å². The number of rotatable bonds is 4. The average Bonchev–Trinajstić information content (AvgIpc) is 2.86. The number of carbonyl (C=O) groups is 1. The van der Waals surface area contributed by atoms with Crippen LogP contribution in [-0.2, 0) is 4.79 Å². The van der Waals surface area contributed by atoms with Gasteiger partial charge >= 0.3 is 5.97 Å². The van der Waals surface area contributed by atoms with Crippen LogP contribution in [0.25, 0.3) is 11.4 Å². The van der Waals surface area contributed by atoms with Crippen LogP contribution in [0.15, 0.2) is 24.3 Å². The van der Waals surface area contributed by atoms with E-state index in [2.05, 4.69) is 15.5 Å². The van der Waals surface area contributed by atoms with Gasteiger partial charge in [0, 0.05) is 5.56 Å². The molecule has 0 fully saturated rings. The fourth-order valence-electron chi connectivity index (χ4n) is 1.71. The molecular weight excluding hydrogens is 268 g/mol. The molecule has 2 aromatic rings. The number of aromatic nitrogens is 4. The molecule has 19 heavy (non-hydrogen) atoms. The zero-order valence-corrected chi connectivity index (χ0v) is 11.2. The minimum Gasteiger partial charge on any atom is -0.481 e. The van der Waals surface area contributed by atoms with Crippen molar-refractivity contribution < 1.29 is 9.90 Å². The van der Waals surface area contributed by atoms with E-state index < -0.39 is 11.9 Å². The zero-order valence-electron chi connectivity index (χ0n) is 10.5. The Labute approximate surface area is 115 Å².